The number of nitrogens with one attached hydrogen (secondary N) is 1. The second-order valence-corrected chi connectivity index (χ2v) is 9.76. The topological polar surface area (TPSA) is 76.1 Å². The molecule has 29 heavy (non-hydrogen) atoms. The van der Waals surface area contributed by atoms with Crippen LogP contribution in [-0.4, -0.2) is 25.1 Å². The lowest BCUT2D eigenvalue weighted by atomic mass is 10.2. The highest BCUT2D eigenvalue weighted by Crippen LogP contribution is 2.30. The van der Waals surface area contributed by atoms with E-state index < -0.39 is 9.84 Å². The van der Waals surface area contributed by atoms with Crippen molar-refractivity contribution >= 4 is 43.0 Å². The molecule has 0 saturated carbocycles. The molecular formula is C22H18N2O3S2. The van der Waals surface area contributed by atoms with Crippen LogP contribution in [0.5, 0.6) is 0 Å². The number of nitrogens with zero attached hydrogens (tertiary/aromatic N) is 1. The van der Waals surface area contributed by atoms with Gasteiger partial charge in [0.2, 0.25) is 0 Å². The molecule has 0 bridgehead atoms. The summed E-state index contributed by atoms with van der Waals surface area (Å²) in [5, 5.41) is 3.73. The molecule has 4 aromatic rings. The molecule has 1 aromatic heterocycles. The van der Waals surface area contributed by atoms with Gasteiger partial charge in [-0.1, -0.05) is 25.1 Å². The molecular weight excluding hydrogens is 404 g/mol. The van der Waals surface area contributed by atoms with E-state index in [1.54, 1.807) is 30.4 Å². The van der Waals surface area contributed by atoms with Crippen LogP contribution in [0.4, 0.5) is 5.69 Å². The lowest BCUT2D eigenvalue weighted by molar-refractivity contribution is 0.102. The largest absolute Gasteiger partial charge is 0.322 e. The van der Waals surface area contributed by atoms with Gasteiger partial charge in [-0.2, -0.15) is 0 Å². The maximum Gasteiger partial charge on any atom is 0.255 e. The smallest absolute Gasteiger partial charge is 0.255 e. The molecule has 0 saturated heterocycles. The summed E-state index contributed by atoms with van der Waals surface area (Å²) in [5.74, 6) is -0.364. The Morgan fingerprint density at radius 3 is 2.48 bits per heavy atom. The Balaban J connectivity index is 1.53. The number of aromatic nitrogens is 1. The number of fused-ring (bicyclic) bond motifs is 1. The normalized spacial score (nSPS) is 11.5. The van der Waals surface area contributed by atoms with Crippen molar-refractivity contribution in [1.29, 1.82) is 0 Å². The maximum atomic E-state index is 12.5. The molecule has 1 amide bonds. The Labute approximate surface area is 173 Å². The third kappa shape index (κ3) is 4.06. The van der Waals surface area contributed by atoms with Crippen LogP contribution in [0.2, 0.25) is 0 Å². The molecule has 4 rings (SSSR count). The van der Waals surface area contributed by atoms with Gasteiger partial charge in [-0.15, -0.1) is 11.3 Å². The molecule has 0 unspecified atom stereocenters. The minimum Gasteiger partial charge on any atom is -0.322 e. The predicted octanol–water partition coefficient (Wildman–Crippen LogP) is 5.01. The summed E-state index contributed by atoms with van der Waals surface area (Å²) < 4.78 is 25.2. The van der Waals surface area contributed by atoms with Gasteiger partial charge < -0.3 is 5.32 Å². The lowest BCUT2D eigenvalue weighted by Crippen LogP contribution is -2.13. The van der Waals surface area contributed by atoms with Crippen LogP contribution in [0, 0.1) is 0 Å². The van der Waals surface area contributed by atoms with Gasteiger partial charge in [0.1, 0.15) is 5.01 Å². The first-order valence-corrected chi connectivity index (χ1v) is 11.5. The Hall–Kier alpha value is -3.03. The first-order valence-electron chi connectivity index (χ1n) is 9.06. The van der Waals surface area contributed by atoms with Gasteiger partial charge >= 0.3 is 0 Å². The number of hydrogen-bond donors (Lipinski definition) is 1. The molecule has 0 atom stereocenters. The molecule has 1 N–H and O–H groups in total. The summed E-state index contributed by atoms with van der Waals surface area (Å²) in [6.45, 7) is 1.58. The van der Waals surface area contributed by atoms with Crippen LogP contribution in [0.25, 0.3) is 20.8 Å². The van der Waals surface area contributed by atoms with Crippen molar-refractivity contribution in [1.82, 2.24) is 4.98 Å². The van der Waals surface area contributed by atoms with E-state index >= 15 is 0 Å². The fourth-order valence-electron chi connectivity index (χ4n) is 2.89. The summed E-state index contributed by atoms with van der Waals surface area (Å²) >= 11 is 1.62. The number of thiazole rings is 1. The van der Waals surface area contributed by atoms with Crippen molar-refractivity contribution in [2.75, 3.05) is 11.1 Å². The average molecular weight is 423 g/mol. The number of rotatable bonds is 5. The SMILES string of the molecule is CCS(=O)(=O)c1cccc(C(=O)Nc2ccc(-c3nc4ccccc4s3)cc2)c1. The second-order valence-electron chi connectivity index (χ2n) is 6.45. The van der Waals surface area contributed by atoms with E-state index in [4.69, 9.17) is 0 Å². The van der Waals surface area contributed by atoms with Crippen LogP contribution >= 0.6 is 11.3 Å². The van der Waals surface area contributed by atoms with Gasteiger partial charge in [-0.05, 0) is 54.6 Å². The summed E-state index contributed by atoms with van der Waals surface area (Å²) in [7, 11) is -3.36. The molecule has 3 aromatic carbocycles. The van der Waals surface area contributed by atoms with Gasteiger partial charge in [-0.25, -0.2) is 13.4 Å². The number of carbonyl (C=O) groups is 1. The van der Waals surface area contributed by atoms with Gasteiger partial charge in [0.25, 0.3) is 5.91 Å². The number of hydrogen-bond acceptors (Lipinski definition) is 5. The number of benzene rings is 3. The van der Waals surface area contributed by atoms with E-state index in [-0.39, 0.29) is 16.6 Å². The van der Waals surface area contributed by atoms with E-state index in [0.717, 1.165) is 20.8 Å². The predicted molar refractivity (Wildman–Crippen MR) is 117 cm³/mol. The van der Waals surface area contributed by atoms with E-state index in [9.17, 15) is 13.2 Å². The van der Waals surface area contributed by atoms with E-state index in [1.165, 1.54) is 12.1 Å². The number of para-hydroxylation sites is 1. The Bertz CT molecular complexity index is 1260. The third-order valence-corrected chi connectivity index (χ3v) is 7.34. The highest BCUT2D eigenvalue weighted by molar-refractivity contribution is 7.91. The molecule has 0 aliphatic heterocycles. The van der Waals surface area contributed by atoms with E-state index in [0.29, 0.717) is 11.3 Å². The fourth-order valence-corrected chi connectivity index (χ4v) is 4.79. The van der Waals surface area contributed by atoms with Crippen molar-refractivity contribution in [3.8, 4) is 10.6 Å². The summed E-state index contributed by atoms with van der Waals surface area (Å²) in [6, 6.07) is 21.5. The van der Waals surface area contributed by atoms with Crippen LogP contribution in [0.1, 0.15) is 17.3 Å². The number of sulfone groups is 1. The molecule has 0 fully saturated rings. The standard InChI is InChI=1S/C22H18N2O3S2/c1-2-29(26,27)18-7-5-6-16(14-18)21(25)23-17-12-10-15(11-13-17)22-24-19-8-3-4-9-20(19)28-22/h3-14H,2H2,1H3,(H,23,25). The zero-order valence-corrected chi connectivity index (χ0v) is 17.3. The first-order chi connectivity index (χ1) is 14.0. The van der Waals surface area contributed by atoms with Crippen molar-refractivity contribution < 1.29 is 13.2 Å². The Kier molecular flexibility index (Phi) is 5.17. The van der Waals surface area contributed by atoms with Crippen molar-refractivity contribution in [2.24, 2.45) is 0 Å². The maximum absolute atomic E-state index is 12.5. The highest BCUT2D eigenvalue weighted by Gasteiger charge is 2.14. The van der Waals surface area contributed by atoms with Gasteiger partial charge in [0.15, 0.2) is 9.84 Å². The van der Waals surface area contributed by atoms with Crippen molar-refractivity contribution in [3.63, 3.8) is 0 Å². The molecule has 0 aliphatic rings. The quantitative estimate of drug-likeness (QED) is 0.491. The zero-order valence-electron chi connectivity index (χ0n) is 15.6. The summed E-state index contributed by atoms with van der Waals surface area (Å²) in [4.78, 5) is 17.3. The van der Waals surface area contributed by atoms with Gasteiger partial charge in [0, 0.05) is 16.8 Å². The molecule has 1 heterocycles. The minimum absolute atomic E-state index is 0.00863. The van der Waals surface area contributed by atoms with Crippen LogP contribution in [0.3, 0.4) is 0 Å². The summed E-state index contributed by atoms with van der Waals surface area (Å²) in [5.41, 5.74) is 2.87. The molecule has 0 spiro atoms. The minimum atomic E-state index is -3.36. The number of amides is 1. The molecule has 5 nitrogen and oxygen atoms in total. The zero-order chi connectivity index (χ0) is 20.4. The monoisotopic (exact) mass is 422 g/mol. The summed E-state index contributed by atoms with van der Waals surface area (Å²) in [6.07, 6.45) is 0. The van der Waals surface area contributed by atoms with Crippen LogP contribution in [0.15, 0.2) is 77.7 Å². The van der Waals surface area contributed by atoms with Crippen molar-refractivity contribution in [3.05, 3.63) is 78.4 Å². The van der Waals surface area contributed by atoms with E-state index in [1.807, 2.05) is 48.5 Å². The molecule has 146 valence electrons. The number of anilines is 1. The second kappa shape index (κ2) is 7.77. The average Bonchev–Trinajstić information content (AvgIpc) is 3.18. The molecule has 0 radical (unpaired) electrons. The molecule has 0 aliphatic carbocycles. The first kappa shape index (κ1) is 19.3. The fraction of sp³-hybridized carbons (Fsp3) is 0.0909. The number of carbonyl (C=O) groups excluding carboxylic acids is 1. The lowest BCUT2D eigenvalue weighted by Gasteiger charge is -2.08. The Morgan fingerprint density at radius 2 is 1.76 bits per heavy atom. The van der Waals surface area contributed by atoms with Gasteiger partial charge in [0.05, 0.1) is 20.9 Å². The van der Waals surface area contributed by atoms with Crippen molar-refractivity contribution in [2.45, 2.75) is 11.8 Å². The third-order valence-electron chi connectivity index (χ3n) is 4.52. The molecule has 7 heteroatoms. The highest BCUT2D eigenvalue weighted by atomic mass is 32.2. The van der Waals surface area contributed by atoms with Crippen LogP contribution in [-0.2, 0) is 9.84 Å². The Morgan fingerprint density at radius 1 is 1.00 bits per heavy atom. The van der Waals surface area contributed by atoms with Crippen LogP contribution < -0.4 is 5.32 Å². The van der Waals surface area contributed by atoms with E-state index in [2.05, 4.69) is 10.3 Å². The van der Waals surface area contributed by atoms with Gasteiger partial charge in [-0.3, -0.25) is 4.79 Å².